The smallest absolute Gasteiger partial charge is 0.209 e. The molecule has 3 aromatic rings. The summed E-state index contributed by atoms with van der Waals surface area (Å²) in [5.41, 5.74) is 4.44. The lowest BCUT2D eigenvalue weighted by atomic mass is 9.88. The molecule has 0 bridgehead atoms. The van der Waals surface area contributed by atoms with Crippen molar-refractivity contribution in [2.75, 3.05) is 19.6 Å². The maximum absolute atomic E-state index is 8.87. The molecule has 1 saturated heterocycles. The molecule has 4 nitrogen and oxygen atoms in total. The molecule has 2 heterocycles. The van der Waals surface area contributed by atoms with E-state index in [4.69, 9.17) is 9.68 Å². The maximum atomic E-state index is 8.87. The number of benzene rings is 2. The Kier molecular flexibility index (Phi) is 4.99. The number of hydrogen-bond donors (Lipinski definition) is 0. The topological polar surface area (TPSA) is 53.1 Å². The summed E-state index contributed by atoms with van der Waals surface area (Å²) >= 11 is 0. The van der Waals surface area contributed by atoms with Gasteiger partial charge in [-0.05, 0) is 55.5 Å². The molecular weight excluding hydrogens is 322 g/mol. The van der Waals surface area contributed by atoms with Crippen LogP contribution in [0.5, 0.6) is 0 Å². The maximum Gasteiger partial charge on any atom is 0.209 e. The Hall–Kier alpha value is -2.64. The van der Waals surface area contributed by atoms with Crippen molar-refractivity contribution in [3.63, 3.8) is 0 Å². The van der Waals surface area contributed by atoms with Gasteiger partial charge in [-0.15, -0.1) is 0 Å². The highest BCUT2D eigenvalue weighted by Gasteiger charge is 2.23. The van der Waals surface area contributed by atoms with Crippen molar-refractivity contribution in [3.8, 4) is 6.07 Å². The Labute approximate surface area is 154 Å². The SMILES string of the molecule is N#CCc1nc2c(C3CCN(CCc4ccccc4)CC3)cccc2o1. The van der Waals surface area contributed by atoms with Gasteiger partial charge < -0.3 is 9.32 Å². The summed E-state index contributed by atoms with van der Waals surface area (Å²) < 4.78 is 5.70. The van der Waals surface area contributed by atoms with Crippen molar-refractivity contribution in [1.29, 1.82) is 5.26 Å². The standard InChI is InChI=1S/C22H23N3O/c23-13-9-21-24-22-19(7-4-8-20(22)26-21)18-11-15-25(16-12-18)14-10-17-5-2-1-3-6-17/h1-8,18H,9-12,14-16H2. The van der Waals surface area contributed by atoms with Crippen LogP contribution in [0.1, 0.15) is 35.8 Å². The number of likely N-dealkylation sites (tertiary alicyclic amines) is 1. The average Bonchev–Trinajstić information content (AvgIpc) is 3.10. The fourth-order valence-electron chi connectivity index (χ4n) is 3.89. The first-order valence-electron chi connectivity index (χ1n) is 9.35. The Morgan fingerprint density at radius 2 is 1.88 bits per heavy atom. The molecule has 2 aromatic carbocycles. The van der Waals surface area contributed by atoms with E-state index in [1.54, 1.807) is 0 Å². The summed E-state index contributed by atoms with van der Waals surface area (Å²) in [7, 11) is 0. The molecule has 0 aliphatic carbocycles. The number of para-hydroxylation sites is 1. The minimum Gasteiger partial charge on any atom is -0.440 e. The number of nitriles is 1. The fraction of sp³-hybridized carbons (Fsp3) is 0.364. The molecule has 1 fully saturated rings. The molecule has 0 atom stereocenters. The van der Waals surface area contributed by atoms with Crippen molar-refractivity contribution >= 4 is 11.1 Å². The van der Waals surface area contributed by atoms with E-state index < -0.39 is 0 Å². The third kappa shape index (κ3) is 3.63. The lowest BCUT2D eigenvalue weighted by molar-refractivity contribution is 0.215. The van der Waals surface area contributed by atoms with Gasteiger partial charge in [-0.25, -0.2) is 4.98 Å². The number of fused-ring (bicyclic) bond motifs is 1. The highest BCUT2D eigenvalue weighted by atomic mass is 16.3. The van der Waals surface area contributed by atoms with Crippen molar-refractivity contribution in [2.24, 2.45) is 0 Å². The molecule has 132 valence electrons. The zero-order valence-corrected chi connectivity index (χ0v) is 14.9. The van der Waals surface area contributed by atoms with E-state index in [0.29, 0.717) is 11.8 Å². The first-order valence-corrected chi connectivity index (χ1v) is 9.35. The van der Waals surface area contributed by atoms with Gasteiger partial charge in [-0.2, -0.15) is 5.26 Å². The van der Waals surface area contributed by atoms with Crippen LogP contribution in [0.25, 0.3) is 11.1 Å². The van der Waals surface area contributed by atoms with Crippen LogP contribution >= 0.6 is 0 Å². The number of hydrogen-bond acceptors (Lipinski definition) is 4. The minimum atomic E-state index is 0.228. The molecular formula is C22H23N3O. The number of nitrogens with zero attached hydrogens (tertiary/aromatic N) is 3. The summed E-state index contributed by atoms with van der Waals surface area (Å²) in [6, 6.07) is 19.0. The number of piperidine rings is 1. The van der Waals surface area contributed by atoms with Crippen LogP contribution in [-0.2, 0) is 12.8 Å². The van der Waals surface area contributed by atoms with Gasteiger partial charge in [-0.1, -0.05) is 42.5 Å². The summed E-state index contributed by atoms with van der Waals surface area (Å²) in [6.07, 6.45) is 3.64. The molecule has 0 unspecified atom stereocenters. The van der Waals surface area contributed by atoms with Crippen LogP contribution < -0.4 is 0 Å². The Balaban J connectivity index is 1.40. The van der Waals surface area contributed by atoms with Gasteiger partial charge in [0, 0.05) is 6.54 Å². The van der Waals surface area contributed by atoms with Crippen molar-refractivity contribution in [2.45, 2.75) is 31.6 Å². The summed E-state index contributed by atoms with van der Waals surface area (Å²) in [5.74, 6) is 1.04. The second-order valence-corrected chi connectivity index (χ2v) is 6.99. The van der Waals surface area contributed by atoms with Crippen molar-refractivity contribution in [3.05, 3.63) is 65.5 Å². The molecule has 1 aliphatic heterocycles. The van der Waals surface area contributed by atoms with E-state index in [1.807, 2.05) is 12.1 Å². The summed E-state index contributed by atoms with van der Waals surface area (Å²) in [4.78, 5) is 7.13. The van der Waals surface area contributed by atoms with Crippen LogP contribution in [0, 0.1) is 11.3 Å². The average molecular weight is 345 g/mol. The van der Waals surface area contributed by atoms with E-state index in [2.05, 4.69) is 52.4 Å². The molecule has 1 aliphatic rings. The highest BCUT2D eigenvalue weighted by Crippen LogP contribution is 2.33. The number of rotatable bonds is 5. The molecule has 0 spiro atoms. The van der Waals surface area contributed by atoms with Gasteiger partial charge in [0.2, 0.25) is 5.89 Å². The van der Waals surface area contributed by atoms with Gasteiger partial charge in [0.1, 0.15) is 11.9 Å². The lowest BCUT2D eigenvalue weighted by Gasteiger charge is -2.32. The predicted octanol–water partition coefficient (Wildman–Crippen LogP) is 4.32. The van der Waals surface area contributed by atoms with Gasteiger partial charge in [0.05, 0.1) is 6.07 Å². The summed E-state index contributed by atoms with van der Waals surface area (Å²) in [5, 5.41) is 8.87. The van der Waals surface area contributed by atoms with E-state index >= 15 is 0 Å². The summed E-state index contributed by atoms with van der Waals surface area (Å²) in [6.45, 7) is 3.37. The zero-order valence-electron chi connectivity index (χ0n) is 14.9. The van der Waals surface area contributed by atoms with Crippen molar-refractivity contribution < 1.29 is 4.42 Å². The van der Waals surface area contributed by atoms with Gasteiger partial charge >= 0.3 is 0 Å². The van der Waals surface area contributed by atoms with Crippen LogP contribution in [-0.4, -0.2) is 29.5 Å². The van der Waals surface area contributed by atoms with E-state index in [9.17, 15) is 0 Å². The fourth-order valence-corrected chi connectivity index (χ4v) is 3.89. The molecule has 0 amide bonds. The Morgan fingerprint density at radius 3 is 2.65 bits per heavy atom. The zero-order chi connectivity index (χ0) is 17.8. The first-order chi connectivity index (χ1) is 12.8. The Morgan fingerprint density at radius 1 is 1.08 bits per heavy atom. The largest absolute Gasteiger partial charge is 0.440 e. The minimum absolute atomic E-state index is 0.228. The number of oxazole rings is 1. The molecule has 0 radical (unpaired) electrons. The Bertz CT molecular complexity index is 902. The van der Waals surface area contributed by atoms with Gasteiger partial charge in [0.25, 0.3) is 0 Å². The van der Waals surface area contributed by atoms with Crippen LogP contribution in [0.3, 0.4) is 0 Å². The van der Waals surface area contributed by atoms with Gasteiger partial charge in [-0.3, -0.25) is 0 Å². The molecule has 4 rings (SSSR count). The predicted molar refractivity (Wildman–Crippen MR) is 102 cm³/mol. The quantitative estimate of drug-likeness (QED) is 0.691. The molecule has 1 aromatic heterocycles. The van der Waals surface area contributed by atoms with Gasteiger partial charge in [0.15, 0.2) is 5.58 Å². The van der Waals surface area contributed by atoms with Crippen molar-refractivity contribution in [1.82, 2.24) is 9.88 Å². The third-order valence-corrected chi connectivity index (χ3v) is 5.31. The van der Waals surface area contributed by atoms with E-state index in [1.165, 1.54) is 11.1 Å². The third-order valence-electron chi connectivity index (χ3n) is 5.31. The first kappa shape index (κ1) is 16.8. The van der Waals surface area contributed by atoms with E-state index in [-0.39, 0.29) is 6.42 Å². The lowest BCUT2D eigenvalue weighted by Crippen LogP contribution is -2.34. The molecule has 0 saturated carbocycles. The molecule has 4 heteroatoms. The van der Waals surface area contributed by atoms with E-state index in [0.717, 1.165) is 50.0 Å². The van der Waals surface area contributed by atoms with Crippen LogP contribution in [0.2, 0.25) is 0 Å². The number of aromatic nitrogens is 1. The van der Waals surface area contributed by atoms with Crippen LogP contribution in [0.4, 0.5) is 0 Å². The molecule has 0 N–H and O–H groups in total. The molecule has 26 heavy (non-hydrogen) atoms. The second kappa shape index (κ2) is 7.72. The van der Waals surface area contributed by atoms with Crippen LogP contribution in [0.15, 0.2) is 52.9 Å². The monoisotopic (exact) mass is 345 g/mol. The second-order valence-electron chi connectivity index (χ2n) is 6.99. The normalized spacial score (nSPS) is 16.0. The highest BCUT2D eigenvalue weighted by molar-refractivity contribution is 5.77.